The van der Waals surface area contributed by atoms with Crippen molar-refractivity contribution < 1.29 is 101 Å². The van der Waals surface area contributed by atoms with Crippen LogP contribution in [0.5, 0.6) is 5.75 Å². The summed E-state index contributed by atoms with van der Waals surface area (Å²) in [6.07, 6.45) is 23.1. The van der Waals surface area contributed by atoms with Gasteiger partial charge in [-0.05, 0) is 106 Å². The Kier molecular flexibility index (Phi) is 44.0. The highest BCUT2D eigenvalue weighted by Gasteiger charge is 2.33. The lowest BCUT2D eigenvalue weighted by Gasteiger charge is -2.25. The molecule has 0 amide bonds. The summed E-state index contributed by atoms with van der Waals surface area (Å²) in [5.41, 5.74) is 22.1. The fraction of sp³-hybridized carbons (Fsp3) is 0.634. The molecule has 0 bridgehead atoms. The summed E-state index contributed by atoms with van der Waals surface area (Å²) in [4.78, 5) is 74.8. The molecule has 6 aromatic heterocycles. The maximum atomic E-state index is 13.6. The van der Waals surface area contributed by atoms with Crippen molar-refractivity contribution in [2.24, 2.45) is 0 Å². The van der Waals surface area contributed by atoms with Crippen LogP contribution in [-0.4, -0.2) is 167 Å². The highest BCUT2D eigenvalue weighted by molar-refractivity contribution is 7.57. The van der Waals surface area contributed by atoms with Gasteiger partial charge in [0.05, 0.1) is 93.2 Å². The number of unbranched alkanes of at least 4 members (excludes halogenated alkanes) is 13. The molecule has 0 saturated heterocycles. The van der Waals surface area contributed by atoms with E-state index in [1.54, 1.807) is 132 Å². The van der Waals surface area contributed by atoms with Crippen LogP contribution in [0.3, 0.4) is 0 Å². The van der Waals surface area contributed by atoms with E-state index in [-0.39, 0.29) is 49.7 Å². The minimum Gasteiger partial charge on any atom is -0.462 e. The first-order valence-corrected chi connectivity index (χ1v) is 41.7. The summed E-state index contributed by atoms with van der Waals surface area (Å²) in [5, 5.41) is 2.78. The summed E-state index contributed by atoms with van der Waals surface area (Å²) in [5.74, 6) is 0.182. The number of nitrogen functional groups attached to an aromatic ring is 3. The van der Waals surface area contributed by atoms with Crippen molar-refractivity contribution in [3.63, 3.8) is 0 Å². The van der Waals surface area contributed by atoms with E-state index in [0.29, 0.717) is 89.1 Å². The van der Waals surface area contributed by atoms with E-state index in [2.05, 4.69) is 46.9 Å². The first kappa shape index (κ1) is 93.9. The lowest BCUT2D eigenvalue weighted by atomic mass is 10.0. The number of hydrogen-bond acceptors (Lipinski definition) is 29. The summed E-state index contributed by atoms with van der Waals surface area (Å²) in [7, 11) is -11.5. The van der Waals surface area contributed by atoms with Crippen molar-refractivity contribution in [3.05, 3.63) is 80.2 Å². The molecule has 0 aliphatic carbocycles. The lowest BCUT2D eigenvalue weighted by Crippen LogP contribution is -2.37. The molecule has 6 heterocycles. The topological polar surface area (TPSA) is 438 Å². The van der Waals surface area contributed by atoms with Crippen LogP contribution in [0, 0.1) is 0 Å². The molecular formula is C71H120FN14O20P3. The molecule has 0 fully saturated rings. The average Bonchev–Trinajstić information content (AvgIpc) is 1.69. The number of halogens is 1. The Balaban J connectivity index is 0.000000555. The predicted molar refractivity (Wildman–Crippen MR) is 416 cm³/mol. The number of imidazole rings is 3. The van der Waals surface area contributed by atoms with E-state index in [4.69, 9.17) is 80.9 Å². The number of nitrogens with two attached hydrogens (primary N) is 3. The van der Waals surface area contributed by atoms with E-state index < -0.39 is 85.3 Å². The fourth-order valence-corrected chi connectivity index (χ4v) is 13.9. The zero-order valence-corrected chi connectivity index (χ0v) is 66.8. The van der Waals surface area contributed by atoms with Gasteiger partial charge in [-0.3, -0.25) is 32.2 Å². The number of para-hydroxylation sites is 1. The Bertz CT molecular complexity index is 3860. The van der Waals surface area contributed by atoms with Crippen molar-refractivity contribution in [1.29, 1.82) is 0 Å². The third-order valence-electron chi connectivity index (χ3n) is 15.4. The molecule has 1 aromatic carbocycles. The van der Waals surface area contributed by atoms with Gasteiger partial charge in [-0.2, -0.15) is 0 Å². The van der Waals surface area contributed by atoms with Gasteiger partial charge in [0.1, 0.15) is 53.7 Å². The monoisotopic (exact) mass is 1600 g/mol. The van der Waals surface area contributed by atoms with Gasteiger partial charge in [-0.1, -0.05) is 116 Å². The number of nitrogens with zero attached hydrogens (tertiary/aromatic N) is 10. The van der Waals surface area contributed by atoms with Gasteiger partial charge in [0.2, 0.25) is 13.6 Å². The Hall–Kier alpha value is -7.52. The molecule has 0 saturated carbocycles. The number of nitrogens with one attached hydrogen (secondary N) is 1. The first-order chi connectivity index (χ1) is 52.1. The molecule has 616 valence electrons. The zero-order valence-electron chi connectivity index (χ0n) is 66.1. The lowest BCUT2D eigenvalue weighted by molar-refractivity contribution is -0.149. The van der Waals surface area contributed by atoms with E-state index in [1.165, 1.54) is 89.8 Å². The Morgan fingerprint density at radius 1 is 0.532 bits per heavy atom. The van der Waals surface area contributed by atoms with E-state index in [0.717, 1.165) is 13.0 Å². The van der Waals surface area contributed by atoms with Crippen LogP contribution in [0.15, 0.2) is 80.2 Å². The molecule has 7 aromatic rings. The van der Waals surface area contributed by atoms with Crippen molar-refractivity contribution in [1.82, 2.24) is 53.7 Å². The number of pyridine rings is 2. The minimum absolute atomic E-state index is 0. The zero-order chi connectivity index (χ0) is 80.2. The maximum absolute atomic E-state index is 13.6. The molecule has 0 spiro atoms. The van der Waals surface area contributed by atoms with Crippen LogP contribution in [0.4, 0.5) is 31.5 Å². The number of anilines is 3. The number of ether oxygens (including phenoxy) is 9. The third kappa shape index (κ3) is 37.4. The smallest absolute Gasteiger partial charge is 0.462 e. The Labute approximate surface area is 641 Å². The summed E-state index contributed by atoms with van der Waals surface area (Å²) in [6, 6.07) is 11.2. The number of benzene rings is 1. The van der Waals surface area contributed by atoms with Crippen LogP contribution < -0.4 is 26.8 Å². The number of esters is 1. The number of carbonyl (C=O) groups is 3. The Morgan fingerprint density at radius 2 is 0.963 bits per heavy atom. The van der Waals surface area contributed by atoms with Gasteiger partial charge in [0.15, 0.2) is 22.8 Å². The van der Waals surface area contributed by atoms with Crippen LogP contribution in [0.2, 0.25) is 0 Å². The molecule has 109 heavy (non-hydrogen) atoms. The molecule has 7 rings (SSSR count). The van der Waals surface area contributed by atoms with Gasteiger partial charge >= 0.3 is 41.0 Å². The molecule has 34 nitrogen and oxygen atoms in total. The van der Waals surface area contributed by atoms with Crippen LogP contribution in [-0.2, 0) is 94.3 Å². The molecule has 0 aliphatic heterocycles. The highest BCUT2D eigenvalue weighted by atomic mass is 31.2. The minimum atomic E-state index is -4.05. The standard InChI is InChI=1S/C28H52N5O5P.C22H30N5O5P.C20H31N4O10P.CH4.FH.H2/c1-3-4-5-6-7-8-9-10-11-12-13-14-15-16-18-36-19-17-20-38-39(34,35)24-37-25(2)21-33-23-32-26-27(29)30-22-31-28(26)33;1-15(2)31-22(28)17(4)26-33(29,32-18-8-6-5-7-9-18)14-30-16(3)12-27-13-25-20-19(23)10-11-24-21(20)27;1-13(2)33-19(25)28-10-31-35(27,32-11-29-20(26)34-14(3)4)12-30-15(5)8-24-9-23-17-16(21)6-7-22-18(17)24;;;/h22-23,25H,3-21,24H2,1-2H3,(H,34,35)(H2,29,30,31);5-11,13,15-17H,12,14H2,1-4H3,(H2,23,24)(H,26,29);6-7,9,13-15H,8,10-12H2,1-5H3,(H2,21,22);1H4;2*1H/t25-;16-,17+,33?;15-;;;/m111.../s1/i;;;;;1+2D. The predicted octanol–water partition coefficient (Wildman–Crippen LogP) is 15.1. The summed E-state index contributed by atoms with van der Waals surface area (Å²) >= 11 is 0. The average molecular weight is 1600 g/mol. The first-order valence-electron chi connectivity index (χ1n) is 37.4. The van der Waals surface area contributed by atoms with Crippen LogP contribution >= 0.6 is 22.7 Å². The van der Waals surface area contributed by atoms with E-state index >= 15 is 0 Å². The second kappa shape index (κ2) is 51.1. The fourth-order valence-electron chi connectivity index (χ4n) is 10.1. The quantitative estimate of drug-likeness (QED) is 0.00777. The second-order valence-corrected chi connectivity index (χ2v) is 32.1. The van der Waals surface area contributed by atoms with Crippen LogP contribution in [0.25, 0.3) is 33.5 Å². The maximum Gasteiger partial charge on any atom is 0.510 e. The third-order valence-corrected chi connectivity index (χ3v) is 19.7. The molecule has 38 heteroatoms. The summed E-state index contributed by atoms with van der Waals surface area (Å²) < 4.78 is 122. The number of rotatable bonds is 49. The van der Waals surface area contributed by atoms with Crippen molar-refractivity contribution in [2.75, 3.05) is 69.7 Å². The normalized spacial score (nSPS) is 13.8. The molecule has 2 unspecified atom stereocenters. The van der Waals surface area contributed by atoms with E-state index in [9.17, 15) is 33.0 Å². The highest BCUT2D eigenvalue weighted by Crippen LogP contribution is 2.49. The second-order valence-electron chi connectivity index (χ2n) is 26.3. The SMILES string of the molecule is C.CC(C)OC(=O)OCOP(=O)(CO[C@H](C)Cn1cnc2c(N)ccnc21)OCOC(=O)OC(C)C.CC(C)OC(=O)[C@H](C)NP(=O)(CO[C@H](C)Cn1cnc2c(N)ccnc21)Oc1ccccc1.CCCCCCCCCCCCCCCCOCCCOP(=O)(O)CO[C@H](C)Cn1cnc2c(N)ncnc21.F.[2H][3H]. The number of aromatic nitrogens is 10. The van der Waals surface area contributed by atoms with Crippen molar-refractivity contribution in [3.8, 4) is 5.75 Å². The number of hydrogen-bond donors (Lipinski definition) is 5. The van der Waals surface area contributed by atoms with Gasteiger partial charge in [0, 0.05) is 28.6 Å². The van der Waals surface area contributed by atoms with Gasteiger partial charge in [0.25, 0.3) is 0 Å². The van der Waals surface area contributed by atoms with Gasteiger partial charge < -0.3 is 87.5 Å². The van der Waals surface area contributed by atoms with Gasteiger partial charge in [-0.25, -0.2) is 49.6 Å². The molecular weight excluding hydrogens is 1480 g/mol. The number of fused-ring (bicyclic) bond motifs is 3. The number of carbonyl (C=O) groups excluding carboxylic acids is 3. The van der Waals surface area contributed by atoms with Crippen LogP contribution in [0.1, 0.15) is 183 Å². The molecule has 0 aliphatic rings. The van der Waals surface area contributed by atoms with E-state index in [1.807, 2.05) is 24.5 Å². The molecule has 8 N–H and O–H groups in total. The largest absolute Gasteiger partial charge is 0.510 e. The summed E-state index contributed by atoms with van der Waals surface area (Å²) in [6.45, 7) is 20.2. The Morgan fingerprint density at radius 3 is 1.44 bits per heavy atom. The van der Waals surface area contributed by atoms with Gasteiger partial charge in [-0.15, -0.1) is 0 Å². The molecule has 0 radical (unpaired) electrons. The van der Waals surface area contributed by atoms with Crippen molar-refractivity contribution >= 4 is 91.7 Å². The van der Waals surface area contributed by atoms with Crippen molar-refractivity contribution in [2.45, 2.75) is 242 Å². The molecule has 6 atom stereocenters.